The first-order chi connectivity index (χ1) is 7.38. The maximum absolute atomic E-state index is 5.49. The Kier molecular flexibility index (Phi) is 6.98. The van der Waals surface area contributed by atoms with Gasteiger partial charge in [-0.15, -0.1) is 0 Å². The fraction of sp³-hybridized carbons (Fsp3) is 1.00. The maximum atomic E-state index is 5.49. The minimum atomic E-state index is 0.432. The molecule has 0 aromatic carbocycles. The Labute approximate surface area is 93.5 Å². The van der Waals surface area contributed by atoms with Crippen LogP contribution in [0.4, 0.5) is 0 Å². The standard InChI is InChI=1S/C12H25NO2/c1-14-10-6-5-9-13-11-7-3-4-8-12(11)15-2/h11-13H,3-10H2,1-2H3. The summed E-state index contributed by atoms with van der Waals surface area (Å²) >= 11 is 0. The van der Waals surface area contributed by atoms with E-state index in [1.165, 1.54) is 32.1 Å². The Morgan fingerprint density at radius 1 is 1.13 bits per heavy atom. The predicted molar refractivity (Wildman–Crippen MR) is 62.2 cm³/mol. The summed E-state index contributed by atoms with van der Waals surface area (Å²) in [5.74, 6) is 0. The van der Waals surface area contributed by atoms with Gasteiger partial charge in [-0.3, -0.25) is 0 Å². The molecule has 1 saturated carbocycles. The molecule has 2 atom stereocenters. The van der Waals surface area contributed by atoms with Gasteiger partial charge in [0.15, 0.2) is 0 Å². The average Bonchev–Trinajstić information content (AvgIpc) is 2.29. The molecule has 0 amide bonds. The molecule has 0 bridgehead atoms. The number of methoxy groups -OCH3 is 2. The van der Waals surface area contributed by atoms with Crippen LogP contribution in [0.25, 0.3) is 0 Å². The van der Waals surface area contributed by atoms with Crippen LogP contribution in [0.15, 0.2) is 0 Å². The molecule has 3 nitrogen and oxygen atoms in total. The molecular weight excluding hydrogens is 190 g/mol. The van der Waals surface area contributed by atoms with Crippen molar-refractivity contribution < 1.29 is 9.47 Å². The van der Waals surface area contributed by atoms with E-state index in [2.05, 4.69) is 5.32 Å². The highest BCUT2D eigenvalue weighted by Crippen LogP contribution is 2.20. The van der Waals surface area contributed by atoms with Gasteiger partial charge in [0, 0.05) is 26.9 Å². The molecular formula is C12H25NO2. The number of hydrogen-bond donors (Lipinski definition) is 1. The van der Waals surface area contributed by atoms with Gasteiger partial charge in [0.2, 0.25) is 0 Å². The van der Waals surface area contributed by atoms with Gasteiger partial charge < -0.3 is 14.8 Å². The second kappa shape index (κ2) is 8.08. The molecule has 1 aliphatic rings. The highest BCUT2D eigenvalue weighted by molar-refractivity contribution is 4.81. The highest BCUT2D eigenvalue weighted by atomic mass is 16.5. The monoisotopic (exact) mass is 215 g/mol. The van der Waals surface area contributed by atoms with E-state index in [9.17, 15) is 0 Å². The normalized spacial score (nSPS) is 26.8. The zero-order valence-electron chi connectivity index (χ0n) is 10.1. The van der Waals surface area contributed by atoms with Gasteiger partial charge in [-0.05, 0) is 32.2 Å². The third kappa shape index (κ3) is 4.96. The van der Waals surface area contributed by atoms with Crippen LogP contribution in [0.1, 0.15) is 38.5 Å². The zero-order chi connectivity index (χ0) is 10.9. The lowest BCUT2D eigenvalue weighted by atomic mass is 9.92. The van der Waals surface area contributed by atoms with Gasteiger partial charge in [-0.1, -0.05) is 12.8 Å². The third-order valence-electron chi connectivity index (χ3n) is 3.19. The molecule has 2 unspecified atom stereocenters. The van der Waals surface area contributed by atoms with Crippen molar-refractivity contribution in [2.75, 3.05) is 27.4 Å². The maximum Gasteiger partial charge on any atom is 0.0724 e. The second-order valence-corrected chi connectivity index (χ2v) is 4.32. The molecule has 0 radical (unpaired) electrons. The van der Waals surface area contributed by atoms with Crippen molar-refractivity contribution in [2.45, 2.75) is 50.7 Å². The summed E-state index contributed by atoms with van der Waals surface area (Å²) in [6.45, 7) is 1.97. The SMILES string of the molecule is COCCCCNC1CCCCC1OC. The summed E-state index contributed by atoms with van der Waals surface area (Å²) in [7, 11) is 3.59. The summed E-state index contributed by atoms with van der Waals surface area (Å²) in [6.07, 6.45) is 7.92. The van der Waals surface area contributed by atoms with E-state index in [0.717, 1.165) is 19.6 Å². The molecule has 0 spiro atoms. The van der Waals surface area contributed by atoms with Crippen molar-refractivity contribution in [1.29, 1.82) is 0 Å². The van der Waals surface area contributed by atoms with Crippen molar-refractivity contribution in [1.82, 2.24) is 5.32 Å². The van der Waals surface area contributed by atoms with Crippen LogP contribution < -0.4 is 5.32 Å². The van der Waals surface area contributed by atoms with Gasteiger partial charge in [0.25, 0.3) is 0 Å². The van der Waals surface area contributed by atoms with Crippen molar-refractivity contribution in [2.24, 2.45) is 0 Å². The smallest absolute Gasteiger partial charge is 0.0724 e. The lowest BCUT2D eigenvalue weighted by Gasteiger charge is -2.31. The van der Waals surface area contributed by atoms with Crippen LogP contribution in [0, 0.1) is 0 Å². The molecule has 1 N–H and O–H groups in total. The van der Waals surface area contributed by atoms with Gasteiger partial charge in [0.1, 0.15) is 0 Å². The molecule has 0 aromatic rings. The third-order valence-corrected chi connectivity index (χ3v) is 3.19. The predicted octanol–water partition coefficient (Wildman–Crippen LogP) is 1.96. The highest BCUT2D eigenvalue weighted by Gasteiger charge is 2.23. The summed E-state index contributed by atoms with van der Waals surface area (Å²) in [5, 5.41) is 3.60. The van der Waals surface area contributed by atoms with Gasteiger partial charge >= 0.3 is 0 Å². The zero-order valence-corrected chi connectivity index (χ0v) is 10.1. The molecule has 90 valence electrons. The van der Waals surface area contributed by atoms with E-state index in [1.54, 1.807) is 7.11 Å². The molecule has 0 heterocycles. The molecule has 0 saturated heterocycles. The summed E-state index contributed by atoms with van der Waals surface area (Å²) in [6, 6.07) is 0.575. The van der Waals surface area contributed by atoms with Crippen molar-refractivity contribution >= 4 is 0 Å². The van der Waals surface area contributed by atoms with E-state index >= 15 is 0 Å². The first-order valence-corrected chi connectivity index (χ1v) is 6.13. The van der Waals surface area contributed by atoms with E-state index in [4.69, 9.17) is 9.47 Å². The molecule has 0 aliphatic heterocycles. The lowest BCUT2D eigenvalue weighted by Crippen LogP contribution is -2.43. The van der Waals surface area contributed by atoms with Crippen LogP contribution in [0.2, 0.25) is 0 Å². The first-order valence-electron chi connectivity index (χ1n) is 6.13. The first kappa shape index (κ1) is 12.9. The van der Waals surface area contributed by atoms with E-state index in [1.807, 2.05) is 7.11 Å². The Hall–Kier alpha value is -0.120. The van der Waals surface area contributed by atoms with E-state index in [0.29, 0.717) is 12.1 Å². The topological polar surface area (TPSA) is 30.5 Å². The molecule has 1 fully saturated rings. The largest absolute Gasteiger partial charge is 0.385 e. The van der Waals surface area contributed by atoms with Gasteiger partial charge in [-0.2, -0.15) is 0 Å². The van der Waals surface area contributed by atoms with Crippen LogP contribution in [0.3, 0.4) is 0 Å². The minimum Gasteiger partial charge on any atom is -0.385 e. The van der Waals surface area contributed by atoms with Crippen LogP contribution in [-0.4, -0.2) is 39.5 Å². The van der Waals surface area contributed by atoms with Gasteiger partial charge in [-0.25, -0.2) is 0 Å². The Morgan fingerprint density at radius 2 is 1.93 bits per heavy atom. The quantitative estimate of drug-likeness (QED) is 0.659. The minimum absolute atomic E-state index is 0.432. The molecule has 1 rings (SSSR count). The number of nitrogens with one attached hydrogen (secondary N) is 1. The van der Waals surface area contributed by atoms with E-state index < -0.39 is 0 Å². The number of unbranched alkanes of at least 4 members (excludes halogenated alkanes) is 1. The van der Waals surface area contributed by atoms with Crippen molar-refractivity contribution in [3.63, 3.8) is 0 Å². The van der Waals surface area contributed by atoms with E-state index in [-0.39, 0.29) is 0 Å². The number of ether oxygens (including phenoxy) is 2. The van der Waals surface area contributed by atoms with Crippen LogP contribution >= 0.6 is 0 Å². The summed E-state index contributed by atoms with van der Waals surface area (Å²) in [4.78, 5) is 0. The summed E-state index contributed by atoms with van der Waals surface area (Å²) < 4.78 is 10.5. The second-order valence-electron chi connectivity index (χ2n) is 4.32. The Morgan fingerprint density at radius 3 is 2.67 bits per heavy atom. The molecule has 3 heteroatoms. The van der Waals surface area contributed by atoms with Crippen LogP contribution in [0.5, 0.6) is 0 Å². The fourth-order valence-electron chi connectivity index (χ4n) is 2.27. The van der Waals surface area contributed by atoms with Crippen molar-refractivity contribution in [3.05, 3.63) is 0 Å². The Balaban J connectivity index is 2.07. The lowest BCUT2D eigenvalue weighted by molar-refractivity contribution is 0.0417. The van der Waals surface area contributed by atoms with Crippen LogP contribution in [-0.2, 0) is 9.47 Å². The molecule has 0 aromatic heterocycles. The number of rotatable bonds is 7. The molecule has 1 aliphatic carbocycles. The van der Waals surface area contributed by atoms with Gasteiger partial charge in [0.05, 0.1) is 6.10 Å². The number of hydrogen-bond acceptors (Lipinski definition) is 3. The fourth-order valence-corrected chi connectivity index (χ4v) is 2.27. The average molecular weight is 215 g/mol. The molecule has 15 heavy (non-hydrogen) atoms. The van der Waals surface area contributed by atoms with Crippen molar-refractivity contribution in [3.8, 4) is 0 Å². The summed E-state index contributed by atoms with van der Waals surface area (Å²) in [5.41, 5.74) is 0. The Bertz CT molecular complexity index is 153.